The molecule has 166 valence electrons. The van der Waals surface area contributed by atoms with Crippen molar-refractivity contribution in [3.63, 3.8) is 0 Å². The van der Waals surface area contributed by atoms with Crippen molar-refractivity contribution in [2.24, 2.45) is 11.5 Å². The van der Waals surface area contributed by atoms with E-state index < -0.39 is 60.9 Å². The van der Waals surface area contributed by atoms with Gasteiger partial charge in [0.25, 0.3) is 0 Å². The Balaban J connectivity index is 2.72. The van der Waals surface area contributed by atoms with Crippen molar-refractivity contribution in [3.05, 3.63) is 18.2 Å². The van der Waals surface area contributed by atoms with Crippen LogP contribution in [0.15, 0.2) is 12.5 Å². The summed E-state index contributed by atoms with van der Waals surface area (Å²) in [5, 5.41) is 24.7. The van der Waals surface area contributed by atoms with Crippen LogP contribution in [0.4, 0.5) is 0 Å². The number of imidazole rings is 1. The smallest absolute Gasteiger partial charge is 0.322 e. The van der Waals surface area contributed by atoms with Gasteiger partial charge in [-0.3, -0.25) is 24.0 Å². The third kappa shape index (κ3) is 8.66. The topological polar surface area (TPSA) is 243 Å². The van der Waals surface area contributed by atoms with Gasteiger partial charge in [-0.05, 0) is 6.42 Å². The van der Waals surface area contributed by atoms with Gasteiger partial charge in [0.1, 0.15) is 18.6 Å². The standard InChI is InChI=1S/C16H25N7O7/c17-9(3-8-4-19-7-21-8)14(28)23-11(6-24)16(30)22-10(1-2-12(18)25)15(29)20-5-13(26)27/h4,7,9-11,24H,1-3,5-6,17H2,(H2,18,25)(H,19,21)(H,20,29)(H,22,30)(H,23,28)(H,26,27). The molecule has 0 radical (unpaired) electrons. The van der Waals surface area contributed by atoms with Crippen LogP contribution in [-0.2, 0) is 30.4 Å². The summed E-state index contributed by atoms with van der Waals surface area (Å²) in [5.41, 5.74) is 11.4. The van der Waals surface area contributed by atoms with Crippen LogP contribution in [0.1, 0.15) is 18.5 Å². The fourth-order valence-corrected chi connectivity index (χ4v) is 2.31. The molecule has 14 nitrogen and oxygen atoms in total. The van der Waals surface area contributed by atoms with Crippen molar-refractivity contribution >= 4 is 29.6 Å². The largest absolute Gasteiger partial charge is 0.480 e. The lowest BCUT2D eigenvalue weighted by Gasteiger charge is -2.22. The van der Waals surface area contributed by atoms with E-state index in [1.54, 1.807) is 0 Å². The van der Waals surface area contributed by atoms with E-state index in [1.807, 2.05) is 0 Å². The Hall–Kier alpha value is -3.52. The van der Waals surface area contributed by atoms with Crippen LogP contribution in [0.5, 0.6) is 0 Å². The second kappa shape index (κ2) is 12.1. The summed E-state index contributed by atoms with van der Waals surface area (Å²) in [6.07, 6.45) is 2.51. The number of H-pyrrole nitrogens is 1. The Morgan fingerprint density at radius 2 is 1.77 bits per heavy atom. The molecule has 0 bridgehead atoms. The average molecular weight is 427 g/mol. The molecule has 0 aliphatic rings. The first-order chi connectivity index (χ1) is 14.1. The van der Waals surface area contributed by atoms with Crippen molar-refractivity contribution in [1.82, 2.24) is 25.9 Å². The number of nitrogens with two attached hydrogens (primary N) is 2. The van der Waals surface area contributed by atoms with Gasteiger partial charge in [-0.1, -0.05) is 0 Å². The van der Waals surface area contributed by atoms with Gasteiger partial charge in [-0.15, -0.1) is 0 Å². The molecule has 0 saturated carbocycles. The molecule has 14 heteroatoms. The van der Waals surface area contributed by atoms with Gasteiger partial charge in [0.05, 0.1) is 19.0 Å². The molecule has 1 aromatic rings. The summed E-state index contributed by atoms with van der Waals surface area (Å²) in [5.74, 6) is -4.58. The highest BCUT2D eigenvalue weighted by atomic mass is 16.4. The number of aromatic nitrogens is 2. The maximum Gasteiger partial charge on any atom is 0.322 e. The van der Waals surface area contributed by atoms with Crippen molar-refractivity contribution in [3.8, 4) is 0 Å². The van der Waals surface area contributed by atoms with E-state index in [0.29, 0.717) is 5.69 Å². The minimum Gasteiger partial charge on any atom is -0.480 e. The van der Waals surface area contributed by atoms with Crippen molar-refractivity contribution in [2.45, 2.75) is 37.4 Å². The summed E-state index contributed by atoms with van der Waals surface area (Å²) in [6.45, 7) is -1.50. The van der Waals surface area contributed by atoms with Gasteiger partial charge < -0.3 is 42.6 Å². The highest BCUT2D eigenvalue weighted by Gasteiger charge is 2.28. The molecule has 10 N–H and O–H groups in total. The van der Waals surface area contributed by atoms with Crippen molar-refractivity contribution < 1.29 is 34.2 Å². The molecule has 0 aliphatic heterocycles. The number of carboxylic acids is 1. The quantitative estimate of drug-likeness (QED) is 0.151. The lowest BCUT2D eigenvalue weighted by Crippen LogP contribution is -2.57. The molecule has 30 heavy (non-hydrogen) atoms. The van der Waals surface area contributed by atoms with Crippen LogP contribution in [0.25, 0.3) is 0 Å². The van der Waals surface area contributed by atoms with E-state index in [-0.39, 0.29) is 19.3 Å². The number of amides is 4. The Labute approximate surface area is 170 Å². The monoisotopic (exact) mass is 427 g/mol. The number of carboxylic acid groups (broad SMARTS) is 1. The summed E-state index contributed by atoms with van der Waals surface area (Å²) in [6, 6.07) is -3.79. The van der Waals surface area contributed by atoms with Crippen LogP contribution < -0.4 is 27.4 Å². The van der Waals surface area contributed by atoms with Crippen LogP contribution in [0.3, 0.4) is 0 Å². The predicted molar refractivity (Wildman–Crippen MR) is 100 cm³/mol. The van der Waals surface area contributed by atoms with E-state index in [1.165, 1.54) is 12.5 Å². The van der Waals surface area contributed by atoms with Crippen LogP contribution in [-0.4, -0.2) is 81.1 Å². The number of aromatic amines is 1. The number of hydrogen-bond acceptors (Lipinski definition) is 8. The van der Waals surface area contributed by atoms with E-state index >= 15 is 0 Å². The Morgan fingerprint density at radius 3 is 2.30 bits per heavy atom. The number of nitrogens with one attached hydrogen (secondary N) is 4. The molecule has 0 fully saturated rings. The third-order valence-electron chi connectivity index (χ3n) is 3.87. The molecule has 0 spiro atoms. The minimum absolute atomic E-state index is 0.102. The fraction of sp³-hybridized carbons (Fsp3) is 0.500. The van der Waals surface area contributed by atoms with Gasteiger partial charge in [0.2, 0.25) is 23.6 Å². The van der Waals surface area contributed by atoms with Crippen LogP contribution in [0, 0.1) is 0 Å². The number of rotatable bonds is 13. The van der Waals surface area contributed by atoms with Gasteiger partial charge in [0.15, 0.2) is 0 Å². The zero-order valence-electron chi connectivity index (χ0n) is 16.0. The van der Waals surface area contributed by atoms with E-state index in [2.05, 4.69) is 25.9 Å². The van der Waals surface area contributed by atoms with Gasteiger partial charge in [0, 0.05) is 24.7 Å². The molecule has 0 aromatic carbocycles. The van der Waals surface area contributed by atoms with E-state index in [9.17, 15) is 29.1 Å². The Morgan fingerprint density at radius 1 is 1.10 bits per heavy atom. The number of aliphatic hydroxyl groups excluding tert-OH is 1. The fourth-order valence-electron chi connectivity index (χ4n) is 2.31. The summed E-state index contributed by atoms with van der Waals surface area (Å²) < 4.78 is 0. The lowest BCUT2D eigenvalue weighted by atomic mass is 10.1. The second-order valence-corrected chi connectivity index (χ2v) is 6.31. The first-order valence-electron chi connectivity index (χ1n) is 8.86. The number of nitrogens with zero attached hydrogens (tertiary/aromatic N) is 1. The van der Waals surface area contributed by atoms with Crippen molar-refractivity contribution in [2.75, 3.05) is 13.2 Å². The van der Waals surface area contributed by atoms with Gasteiger partial charge in [-0.25, -0.2) is 4.98 Å². The zero-order chi connectivity index (χ0) is 22.7. The number of carbonyl (C=O) groups is 5. The molecule has 3 atom stereocenters. The maximum absolute atomic E-state index is 12.4. The van der Waals surface area contributed by atoms with Crippen molar-refractivity contribution in [1.29, 1.82) is 0 Å². The molecular formula is C16H25N7O7. The van der Waals surface area contributed by atoms with E-state index in [0.717, 1.165) is 0 Å². The number of primary amides is 1. The molecule has 0 aliphatic carbocycles. The van der Waals surface area contributed by atoms with Crippen LogP contribution in [0.2, 0.25) is 0 Å². The third-order valence-corrected chi connectivity index (χ3v) is 3.87. The summed E-state index contributed by atoms with van der Waals surface area (Å²) >= 11 is 0. The predicted octanol–water partition coefficient (Wildman–Crippen LogP) is -4.29. The summed E-state index contributed by atoms with van der Waals surface area (Å²) in [4.78, 5) is 64.8. The maximum atomic E-state index is 12.4. The Kier molecular flexibility index (Phi) is 9.91. The highest BCUT2D eigenvalue weighted by Crippen LogP contribution is 2.00. The normalized spacial score (nSPS) is 13.5. The number of hydrogen-bond donors (Lipinski definition) is 8. The molecule has 1 rings (SSSR count). The van der Waals surface area contributed by atoms with Gasteiger partial charge in [-0.2, -0.15) is 0 Å². The average Bonchev–Trinajstić information content (AvgIpc) is 3.19. The molecule has 4 amide bonds. The zero-order valence-corrected chi connectivity index (χ0v) is 16.0. The minimum atomic E-state index is -1.44. The van der Waals surface area contributed by atoms with Gasteiger partial charge >= 0.3 is 5.97 Å². The molecule has 1 aromatic heterocycles. The first kappa shape index (κ1) is 24.5. The van der Waals surface area contributed by atoms with E-state index in [4.69, 9.17) is 16.6 Å². The SMILES string of the molecule is NC(=O)CCC(NC(=O)C(CO)NC(=O)C(N)Cc1cnc[nH]1)C(=O)NCC(=O)O. The number of aliphatic carboxylic acids is 1. The first-order valence-corrected chi connectivity index (χ1v) is 8.86. The summed E-state index contributed by atoms with van der Waals surface area (Å²) in [7, 11) is 0. The molecule has 3 unspecified atom stereocenters. The number of carbonyl (C=O) groups excluding carboxylic acids is 4. The molecular weight excluding hydrogens is 402 g/mol. The highest BCUT2D eigenvalue weighted by molar-refractivity contribution is 5.94. The van der Waals surface area contributed by atoms with Crippen LogP contribution >= 0.6 is 0 Å². The Bertz CT molecular complexity index is 753. The molecule has 0 saturated heterocycles. The lowest BCUT2D eigenvalue weighted by molar-refractivity contribution is -0.138. The molecule has 1 heterocycles. The second-order valence-electron chi connectivity index (χ2n) is 6.31. The number of aliphatic hydroxyl groups is 1.